The normalized spacial score (nSPS) is 22.3. The van der Waals surface area contributed by atoms with Crippen molar-refractivity contribution >= 4 is 29.3 Å². The molecule has 1 aliphatic heterocycles. The fraction of sp³-hybridized carbons (Fsp3) is 0.417. The minimum absolute atomic E-state index is 0.0598. The van der Waals surface area contributed by atoms with E-state index >= 15 is 0 Å². The Morgan fingerprint density at radius 2 is 2.24 bits per heavy atom. The minimum atomic E-state index is -1.08. The van der Waals surface area contributed by atoms with Gasteiger partial charge in [0.2, 0.25) is 0 Å². The number of nitrogens with zero attached hydrogens (tertiary/aromatic N) is 4. The van der Waals surface area contributed by atoms with Crippen LogP contribution in [0.3, 0.4) is 0 Å². The monoisotopic (exact) mass is 330 g/mol. The molecule has 0 aliphatic carbocycles. The van der Waals surface area contributed by atoms with Gasteiger partial charge in [0.15, 0.2) is 0 Å². The summed E-state index contributed by atoms with van der Waals surface area (Å²) in [6, 6.07) is 4.29. The standard InChI is InChI=1S/C12H12Cl2N4O3/c13-8-2-1-7(5-9(8)14)11-10(16-17-15)6-18(12(19)20)3-4-21-11/h1-2,5,10-11H,3-4,6H2,(H,19,20)/t10-,11-/m1/s1. The quantitative estimate of drug-likeness (QED) is 0.508. The molecular weight excluding hydrogens is 319 g/mol. The van der Waals surface area contributed by atoms with Crippen molar-refractivity contribution in [1.82, 2.24) is 4.90 Å². The SMILES string of the molecule is [N-]=[N+]=N[C@@H]1CN(C(=O)O)CCO[C@@H]1c1ccc(Cl)c(Cl)c1. The fourth-order valence-corrected chi connectivity index (χ4v) is 2.47. The van der Waals surface area contributed by atoms with Crippen LogP contribution < -0.4 is 0 Å². The molecule has 1 fully saturated rings. The molecule has 1 aromatic carbocycles. The number of ether oxygens (including phenoxy) is 1. The predicted octanol–water partition coefficient (Wildman–Crippen LogP) is 3.72. The molecule has 1 heterocycles. The lowest BCUT2D eigenvalue weighted by Gasteiger charge is -2.23. The van der Waals surface area contributed by atoms with Gasteiger partial charge in [-0.1, -0.05) is 34.4 Å². The van der Waals surface area contributed by atoms with E-state index in [0.29, 0.717) is 15.6 Å². The maximum atomic E-state index is 11.1. The van der Waals surface area contributed by atoms with Gasteiger partial charge in [0.1, 0.15) is 0 Å². The summed E-state index contributed by atoms with van der Waals surface area (Å²) in [4.78, 5) is 15.0. The van der Waals surface area contributed by atoms with Crippen LogP contribution in [0.25, 0.3) is 10.4 Å². The Balaban J connectivity index is 2.32. The van der Waals surface area contributed by atoms with E-state index in [2.05, 4.69) is 10.0 Å². The molecule has 1 aromatic rings. The number of carboxylic acid groups (broad SMARTS) is 1. The average Bonchev–Trinajstić information content (AvgIpc) is 2.65. The third-order valence-electron chi connectivity index (χ3n) is 3.16. The first kappa shape index (κ1) is 15.7. The van der Waals surface area contributed by atoms with E-state index in [0.717, 1.165) is 4.90 Å². The molecule has 2 atom stereocenters. The van der Waals surface area contributed by atoms with Crippen LogP contribution in [0.5, 0.6) is 0 Å². The van der Waals surface area contributed by atoms with Gasteiger partial charge in [-0.05, 0) is 23.2 Å². The maximum Gasteiger partial charge on any atom is 0.407 e. The first-order valence-corrected chi connectivity index (χ1v) is 6.87. The lowest BCUT2D eigenvalue weighted by molar-refractivity contribution is 0.0518. The van der Waals surface area contributed by atoms with Crippen molar-refractivity contribution in [3.63, 3.8) is 0 Å². The van der Waals surface area contributed by atoms with E-state index in [4.69, 9.17) is 38.6 Å². The maximum absolute atomic E-state index is 11.1. The fourth-order valence-electron chi connectivity index (χ4n) is 2.16. The van der Waals surface area contributed by atoms with Crippen molar-refractivity contribution in [1.29, 1.82) is 0 Å². The third kappa shape index (κ3) is 3.71. The molecule has 0 bridgehead atoms. The van der Waals surface area contributed by atoms with Crippen LogP contribution in [0.15, 0.2) is 23.3 Å². The second kappa shape index (κ2) is 6.87. The summed E-state index contributed by atoms with van der Waals surface area (Å²) in [7, 11) is 0. The summed E-state index contributed by atoms with van der Waals surface area (Å²) in [5.41, 5.74) is 9.38. The van der Waals surface area contributed by atoms with Crippen molar-refractivity contribution < 1.29 is 14.6 Å². The predicted molar refractivity (Wildman–Crippen MR) is 77.7 cm³/mol. The molecule has 112 valence electrons. The molecule has 1 saturated heterocycles. The molecule has 0 unspecified atom stereocenters. The van der Waals surface area contributed by atoms with Crippen molar-refractivity contribution in [2.45, 2.75) is 12.1 Å². The van der Waals surface area contributed by atoms with Crippen molar-refractivity contribution in [3.05, 3.63) is 44.3 Å². The number of halogens is 2. The van der Waals surface area contributed by atoms with E-state index in [1.807, 2.05) is 0 Å². The number of benzene rings is 1. The summed E-state index contributed by atoms with van der Waals surface area (Å²) in [6.45, 7) is 0.476. The van der Waals surface area contributed by atoms with Gasteiger partial charge in [0.25, 0.3) is 0 Å². The van der Waals surface area contributed by atoms with Crippen molar-refractivity contribution in [2.24, 2.45) is 5.11 Å². The van der Waals surface area contributed by atoms with Gasteiger partial charge in [0.05, 0.1) is 28.8 Å². The second-order valence-corrected chi connectivity index (χ2v) is 5.28. The molecule has 1 amide bonds. The van der Waals surface area contributed by atoms with Crippen LogP contribution in [0.4, 0.5) is 4.79 Å². The number of carbonyl (C=O) groups is 1. The molecule has 7 nitrogen and oxygen atoms in total. The van der Waals surface area contributed by atoms with Crippen molar-refractivity contribution in [3.8, 4) is 0 Å². The van der Waals surface area contributed by atoms with Gasteiger partial charge in [-0.3, -0.25) is 0 Å². The average molecular weight is 331 g/mol. The Bertz CT molecular complexity index is 592. The summed E-state index contributed by atoms with van der Waals surface area (Å²) in [6.07, 6.45) is -1.65. The van der Waals surface area contributed by atoms with Gasteiger partial charge in [-0.2, -0.15) is 0 Å². The summed E-state index contributed by atoms with van der Waals surface area (Å²) < 4.78 is 5.66. The van der Waals surface area contributed by atoms with E-state index in [1.54, 1.807) is 18.2 Å². The molecule has 9 heteroatoms. The highest BCUT2D eigenvalue weighted by Crippen LogP contribution is 2.31. The van der Waals surface area contributed by atoms with Gasteiger partial charge < -0.3 is 14.7 Å². The first-order chi connectivity index (χ1) is 10.0. The van der Waals surface area contributed by atoms with Gasteiger partial charge in [-0.15, -0.1) is 0 Å². The van der Waals surface area contributed by atoms with Crippen LogP contribution in [-0.2, 0) is 4.74 Å². The molecule has 1 N–H and O–H groups in total. The van der Waals surface area contributed by atoms with Crippen LogP contribution in [0, 0.1) is 0 Å². The lowest BCUT2D eigenvalue weighted by atomic mass is 10.0. The Hall–Kier alpha value is -1.66. The van der Waals surface area contributed by atoms with Crippen molar-refractivity contribution in [2.75, 3.05) is 19.7 Å². The zero-order valence-electron chi connectivity index (χ0n) is 10.8. The molecule has 0 spiro atoms. The van der Waals surface area contributed by atoms with E-state index in [1.165, 1.54) is 0 Å². The summed E-state index contributed by atoms with van der Waals surface area (Å²) in [5, 5.41) is 13.5. The summed E-state index contributed by atoms with van der Waals surface area (Å²) >= 11 is 11.9. The number of azide groups is 1. The number of hydrogen-bond donors (Lipinski definition) is 1. The lowest BCUT2D eigenvalue weighted by Crippen LogP contribution is -2.36. The molecular formula is C12H12Cl2N4O3. The topological polar surface area (TPSA) is 98.5 Å². The van der Waals surface area contributed by atoms with Crippen LogP contribution in [-0.4, -0.2) is 41.8 Å². The van der Waals surface area contributed by atoms with Gasteiger partial charge in [-0.25, -0.2) is 4.79 Å². The highest BCUT2D eigenvalue weighted by molar-refractivity contribution is 6.42. The van der Waals surface area contributed by atoms with E-state index in [-0.39, 0.29) is 19.7 Å². The highest BCUT2D eigenvalue weighted by Gasteiger charge is 2.30. The van der Waals surface area contributed by atoms with Crippen LogP contribution in [0.2, 0.25) is 10.0 Å². The van der Waals surface area contributed by atoms with E-state index in [9.17, 15) is 4.79 Å². The number of hydrogen-bond acceptors (Lipinski definition) is 3. The van der Waals surface area contributed by atoms with Gasteiger partial charge >= 0.3 is 6.09 Å². The zero-order valence-corrected chi connectivity index (χ0v) is 12.3. The first-order valence-electron chi connectivity index (χ1n) is 6.11. The number of rotatable bonds is 2. The van der Waals surface area contributed by atoms with E-state index < -0.39 is 18.2 Å². The highest BCUT2D eigenvalue weighted by atomic mass is 35.5. The molecule has 21 heavy (non-hydrogen) atoms. The molecule has 0 aromatic heterocycles. The molecule has 2 rings (SSSR count). The Morgan fingerprint density at radius 3 is 2.86 bits per heavy atom. The Morgan fingerprint density at radius 1 is 1.48 bits per heavy atom. The van der Waals surface area contributed by atoms with Crippen LogP contribution in [0.1, 0.15) is 11.7 Å². The zero-order chi connectivity index (χ0) is 15.4. The third-order valence-corrected chi connectivity index (χ3v) is 3.90. The number of amides is 1. The largest absolute Gasteiger partial charge is 0.465 e. The molecule has 1 aliphatic rings. The Labute approximate surface area is 130 Å². The smallest absolute Gasteiger partial charge is 0.407 e. The minimum Gasteiger partial charge on any atom is -0.465 e. The van der Waals surface area contributed by atoms with Gasteiger partial charge in [0, 0.05) is 18.0 Å². The second-order valence-electron chi connectivity index (χ2n) is 4.47. The Kier molecular flexibility index (Phi) is 5.14. The molecule has 0 radical (unpaired) electrons. The summed E-state index contributed by atoms with van der Waals surface area (Å²) in [5.74, 6) is 0. The van der Waals surface area contributed by atoms with Crippen LogP contribution >= 0.6 is 23.2 Å². The molecule has 0 saturated carbocycles.